The van der Waals surface area contributed by atoms with Gasteiger partial charge in [0.25, 0.3) is 0 Å². The Balaban J connectivity index is 2.07. The highest BCUT2D eigenvalue weighted by molar-refractivity contribution is 6.33. The van der Waals surface area contributed by atoms with Crippen molar-refractivity contribution < 1.29 is 13.2 Å². The molecule has 3 aromatic rings. The molecular weight excluding hydrogens is 281 g/mol. The normalized spacial score (nSPS) is 12.2. The fraction of sp³-hybridized carbons (Fsp3) is 0.0909. The second-order valence-electron chi connectivity index (χ2n) is 3.88. The van der Waals surface area contributed by atoms with Gasteiger partial charge in [-0.05, 0) is 12.1 Å². The zero-order chi connectivity index (χ0) is 13.6. The summed E-state index contributed by atoms with van der Waals surface area (Å²) < 4.78 is 38.8. The first kappa shape index (κ1) is 12.0. The number of H-pyrrole nitrogens is 1. The van der Waals surface area contributed by atoms with Crippen LogP contribution in [-0.4, -0.2) is 19.8 Å². The number of aromatic nitrogens is 4. The Hall–Kier alpha value is -2.02. The highest BCUT2D eigenvalue weighted by Gasteiger charge is 2.30. The minimum absolute atomic E-state index is 0.394. The molecular formula is C11H6ClF3N4. The molecule has 0 aliphatic rings. The number of benzene rings is 1. The summed E-state index contributed by atoms with van der Waals surface area (Å²) in [6.07, 6.45) is -2.92. The van der Waals surface area contributed by atoms with E-state index in [9.17, 15) is 13.2 Å². The van der Waals surface area contributed by atoms with Crippen LogP contribution in [-0.2, 0) is 6.18 Å². The lowest BCUT2D eigenvalue weighted by Gasteiger charge is -2.06. The lowest BCUT2D eigenvalue weighted by atomic mass is 10.1. The van der Waals surface area contributed by atoms with Crippen LogP contribution >= 0.6 is 11.6 Å². The van der Waals surface area contributed by atoms with Crippen molar-refractivity contribution in [3.05, 3.63) is 41.0 Å². The molecule has 2 heterocycles. The number of fused-ring (bicyclic) bond motifs is 1. The van der Waals surface area contributed by atoms with Crippen LogP contribution in [0.4, 0.5) is 13.2 Å². The Kier molecular flexibility index (Phi) is 2.53. The van der Waals surface area contributed by atoms with Crippen LogP contribution in [0, 0.1) is 0 Å². The van der Waals surface area contributed by atoms with Gasteiger partial charge < -0.3 is 0 Å². The van der Waals surface area contributed by atoms with E-state index in [-0.39, 0.29) is 0 Å². The summed E-state index contributed by atoms with van der Waals surface area (Å²) in [6, 6.07) is 4.68. The Morgan fingerprint density at radius 1 is 1.16 bits per heavy atom. The number of aromatic amines is 1. The van der Waals surface area contributed by atoms with Crippen LogP contribution in [0.15, 0.2) is 30.5 Å². The van der Waals surface area contributed by atoms with E-state index in [0.29, 0.717) is 22.1 Å². The minimum atomic E-state index is -4.35. The summed E-state index contributed by atoms with van der Waals surface area (Å²) in [4.78, 5) is 0. The number of hydrogen-bond acceptors (Lipinski definition) is 2. The summed E-state index contributed by atoms with van der Waals surface area (Å²) in [5.74, 6) is 0.399. The van der Waals surface area contributed by atoms with E-state index in [1.54, 1.807) is 0 Å². The third-order valence-electron chi connectivity index (χ3n) is 2.66. The molecule has 4 nitrogen and oxygen atoms in total. The molecule has 0 saturated carbocycles. The van der Waals surface area contributed by atoms with E-state index in [4.69, 9.17) is 11.6 Å². The molecule has 0 aliphatic carbocycles. The number of alkyl halides is 3. The van der Waals surface area contributed by atoms with Crippen molar-refractivity contribution in [3.63, 3.8) is 0 Å². The van der Waals surface area contributed by atoms with E-state index in [0.717, 1.165) is 12.1 Å². The van der Waals surface area contributed by atoms with Crippen LogP contribution in [0.2, 0.25) is 5.02 Å². The van der Waals surface area contributed by atoms with Crippen molar-refractivity contribution in [2.75, 3.05) is 0 Å². The fourth-order valence-corrected chi connectivity index (χ4v) is 1.90. The first-order valence-corrected chi connectivity index (χ1v) is 5.60. The van der Waals surface area contributed by atoms with Gasteiger partial charge in [0.1, 0.15) is 5.02 Å². The summed E-state index contributed by atoms with van der Waals surface area (Å²) >= 11 is 5.86. The van der Waals surface area contributed by atoms with Gasteiger partial charge in [-0.1, -0.05) is 23.7 Å². The number of nitrogens with zero attached hydrogens (tertiary/aromatic N) is 3. The second kappa shape index (κ2) is 3.99. The standard InChI is InChI=1S/C11H6ClF3N4/c12-8-5-16-19-9(17-18-10(8)19)6-1-3-7(4-2-6)11(13,14)15/h1-5,18H. The Morgan fingerprint density at radius 3 is 2.47 bits per heavy atom. The maximum Gasteiger partial charge on any atom is 0.416 e. The molecule has 8 heteroatoms. The predicted octanol–water partition coefficient (Wildman–Crippen LogP) is 3.40. The first-order chi connectivity index (χ1) is 8.97. The molecule has 0 spiro atoms. The van der Waals surface area contributed by atoms with Gasteiger partial charge in [0.05, 0.1) is 11.8 Å². The van der Waals surface area contributed by atoms with Crippen molar-refractivity contribution in [2.45, 2.75) is 6.18 Å². The molecule has 0 atom stereocenters. The van der Waals surface area contributed by atoms with Gasteiger partial charge in [-0.25, -0.2) is 0 Å². The van der Waals surface area contributed by atoms with Crippen LogP contribution in [0.25, 0.3) is 17.0 Å². The summed E-state index contributed by atoms with van der Waals surface area (Å²) in [5.41, 5.74) is 0.303. The van der Waals surface area contributed by atoms with Gasteiger partial charge >= 0.3 is 6.18 Å². The lowest BCUT2D eigenvalue weighted by molar-refractivity contribution is -0.137. The number of hydrogen-bond donors (Lipinski definition) is 1. The highest BCUT2D eigenvalue weighted by Crippen LogP contribution is 2.30. The fourth-order valence-electron chi connectivity index (χ4n) is 1.74. The zero-order valence-corrected chi connectivity index (χ0v) is 10.00. The molecule has 1 N–H and O–H groups in total. The second-order valence-corrected chi connectivity index (χ2v) is 4.28. The highest BCUT2D eigenvalue weighted by atomic mass is 35.5. The number of nitrogens with one attached hydrogen (secondary N) is 1. The van der Waals surface area contributed by atoms with Crippen LogP contribution in [0.5, 0.6) is 0 Å². The smallest absolute Gasteiger partial charge is 0.258 e. The predicted molar refractivity (Wildman–Crippen MR) is 62.8 cm³/mol. The Bertz CT molecular complexity index is 727. The molecule has 2 aromatic heterocycles. The van der Waals surface area contributed by atoms with E-state index in [2.05, 4.69) is 15.3 Å². The Labute approximate surface area is 109 Å². The molecule has 0 radical (unpaired) electrons. The van der Waals surface area contributed by atoms with E-state index < -0.39 is 11.7 Å². The molecule has 0 saturated heterocycles. The molecule has 1 aromatic carbocycles. The van der Waals surface area contributed by atoms with Crippen LogP contribution in [0.3, 0.4) is 0 Å². The molecule has 0 bridgehead atoms. The van der Waals surface area contributed by atoms with Gasteiger partial charge in [-0.15, -0.1) is 0 Å². The van der Waals surface area contributed by atoms with Crippen LogP contribution < -0.4 is 0 Å². The van der Waals surface area contributed by atoms with Gasteiger partial charge in [0.15, 0.2) is 11.5 Å². The van der Waals surface area contributed by atoms with Crippen LogP contribution in [0.1, 0.15) is 5.56 Å². The van der Waals surface area contributed by atoms with Crippen molar-refractivity contribution in [1.82, 2.24) is 19.8 Å². The van der Waals surface area contributed by atoms with Gasteiger partial charge in [0.2, 0.25) is 0 Å². The van der Waals surface area contributed by atoms with Gasteiger partial charge in [-0.2, -0.15) is 27.9 Å². The van der Waals surface area contributed by atoms with Crippen molar-refractivity contribution in [1.29, 1.82) is 0 Å². The van der Waals surface area contributed by atoms with E-state index in [1.165, 1.54) is 22.8 Å². The molecule has 0 unspecified atom stereocenters. The molecule has 98 valence electrons. The maximum atomic E-state index is 12.5. The minimum Gasteiger partial charge on any atom is -0.258 e. The summed E-state index contributed by atoms with van der Waals surface area (Å²) in [7, 11) is 0. The molecule has 3 rings (SSSR count). The van der Waals surface area contributed by atoms with Gasteiger partial charge in [-0.3, -0.25) is 5.10 Å². The van der Waals surface area contributed by atoms with Crippen molar-refractivity contribution >= 4 is 17.2 Å². The largest absolute Gasteiger partial charge is 0.416 e. The quantitative estimate of drug-likeness (QED) is 0.745. The number of halogens is 4. The average molecular weight is 287 g/mol. The maximum absolute atomic E-state index is 12.5. The Morgan fingerprint density at radius 2 is 1.84 bits per heavy atom. The third kappa shape index (κ3) is 1.95. The van der Waals surface area contributed by atoms with E-state index in [1.807, 2.05) is 0 Å². The first-order valence-electron chi connectivity index (χ1n) is 5.22. The number of rotatable bonds is 1. The van der Waals surface area contributed by atoms with Crippen molar-refractivity contribution in [3.8, 4) is 11.4 Å². The topological polar surface area (TPSA) is 46.0 Å². The van der Waals surface area contributed by atoms with E-state index >= 15 is 0 Å². The lowest BCUT2D eigenvalue weighted by Crippen LogP contribution is -2.04. The summed E-state index contributed by atoms with van der Waals surface area (Å²) in [6.45, 7) is 0. The average Bonchev–Trinajstić information content (AvgIpc) is 2.92. The molecule has 0 amide bonds. The monoisotopic (exact) mass is 286 g/mol. The SMILES string of the molecule is FC(F)(F)c1ccc(-c2n[nH]c3c(Cl)cnn23)cc1. The van der Waals surface area contributed by atoms with Gasteiger partial charge in [0, 0.05) is 5.56 Å². The van der Waals surface area contributed by atoms with Crippen molar-refractivity contribution in [2.24, 2.45) is 0 Å². The zero-order valence-electron chi connectivity index (χ0n) is 9.24. The molecule has 0 aliphatic heterocycles. The molecule has 0 fully saturated rings. The molecule has 19 heavy (non-hydrogen) atoms. The summed E-state index contributed by atoms with van der Waals surface area (Å²) in [5, 5.41) is 11.1. The third-order valence-corrected chi connectivity index (χ3v) is 2.94.